The smallest absolute Gasteiger partial charge is 0.00513 e. The molecule has 0 aliphatic rings. The lowest BCUT2D eigenvalue weighted by Gasteiger charge is -2.10. The fourth-order valence-electron chi connectivity index (χ4n) is 3.47. The number of nitrogens with two attached hydrogens (primary N) is 2. The van der Waals surface area contributed by atoms with Crippen molar-refractivity contribution in [3.05, 3.63) is 12.2 Å². The van der Waals surface area contributed by atoms with Crippen molar-refractivity contribution in [3.8, 4) is 0 Å². The van der Waals surface area contributed by atoms with Crippen molar-refractivity contribution in [2.75, 3.05) is 19.6 Å². The van der Waals surface area contributed by atoms with Gasteiger partial charge in [0, 0.05) is 6.04 Å². The predicted octanol–water partition coefficient (Wildman–Crippen LogP) is 6.07. The fourth-order valence-corrected chi connectivity index (χ4v) is 3.47. The quantitative estimate of drug-likeness (QED) is 0.157. The Morgan fingerprint density at radius 1 is 0.667 bits per heavy atom. The van der Waals surface area contributed by atoms with E-state index in [2.05, 4.69) is 24.4 Å². The number of hydrogen-bond acceptors (Lipinski definition) is 3. The Bertz CT molecular complexity index is 291. The number of rotatable bonds is 22. The number of nitrogens with one attached hydrogen (secondary N) is 1. The van der Waals surface area contributed by atoms with E-state index in [4.69, 9.17) is 11.5 Å². The second-order valence-corrected chi connectivity index (χ2v) is 8.17. The highest BCUT2D eigenvalue weighted by Gasteiger charge is 1.99. The molecule has 0 aliphatic carbocycles. The Hall–Kier alpha value is -0.380. The molecule has 0 spiro atoms. The van der Waals surface area contributed by atoms with Crippen LogP contribution in [0.25, 0.3) is 0 Å². The highest BCUT2D eigenvalue weighted by Crippen LogP contribution is 2.09. The largest absolute Gasteiger partial charge is 0.330 e. The first-order valence-electron chi connectivity index (χ1n) is 12.1. The van der Waals surface area contributed by atoms with E-state index < -0.39 is 0 Å². The molecule has 162 valence electrons. The molecule has 0 saturated heterocycles. The lowest BCUT2D eigenvalue weighted by atomic mass is 10.1. The van der Waals surface area contributed by atoms with E-state index >= 15 is 0 Å². The van der Waals surface area contributed by atoms with Gasteiger partial charge >= 0.3 is 0 Å². The first-order chi connectivity index (χ1) is 13.3. The highest BCUT2D eigenvalue weighted by molar-refractivity contribution is 4.81. The Kier molecular flexibility index (Phi) is 23.3. The monoisotopic (exact) mass is 381 g/mol. The normalized spacial score (nSPS) is 12.9. The molecule has 0 fully saturated rings. The highest BCUT2D eigenvalue weighted by atomic mass is 14.8. The molecule has 0 aromatic rings. The predicted molar refractivity (Wildman–Crippen MR) is 123 cm³/mol. The van der Waals surface area contributed by atoms with E-state index in [9.17, 15) is 0 Å². The van der Waals surface area contributed by atoms with Crippen LogP contribution in [0.15, 0.2) is 12.2 Å². The molecular weight excluding hydrogens is 330 g/mol. The second-order valence-electron chi connectivity index (χ2n) is 8.17. The van der Waals surface area contributed by atoms with E-state index in [1.807, 2.05) is 0 Å². The second kappa shape index (κ2) is 23.7. The molecule has 0 bridgehead atoms. The van der Waals surface area contributed by atoms with E-state index in [1.165, 1.54) is 96.3 Å². The third kappa shape index (κ3) is 23.6. The van der Waals surface area contributed by atoms with Gasteiger partial charge in [0.15, 0.2) is 0 Å². The van der Waals surface area contributed by atoms with Crippen molar-refractivity contribution in [3.63, 3.8) is 0 Å². The maximum absolute atomic E-state index is 5.95. The van der Waals surface area contributed by atoms with Crippen molar-refractivity contribution in [1.29, 1.82) is 0 Å². The van der Waals surface area contributed by atoms with Gasteiger partial charge in [0.1, 0.15) is 0 Å². The number of allylic oxidation sites excluding steroid dienone is 2. The summed E-state index contributed by atoms with van der Waals surface area (Å²) in [6.45, 7) is 5.26. The minimum Gasteiger partial charge on any atom is -0.330 e. The van der Waals surface area contributed by atoms with E-state index in [0.29, 0.717) is 12.6 Å². The third-order valence-corrected chi connectivity index (χ3v) is 5.33. The Balaban J connectivity index is 3.09. The summed E-state index contributed by atoms with van der Waals surface area (Å²) in [6.07, 6.45) is 27.3. The molecule has 3 heteroatoms. The molecule has 0 amide bonds. The lowest BCUT2D eigenvalue weighted by molar-refractivity contribution is 0.516. The van der Waals surface area contributed by atoms with Gasteiger partial charge in [-0.05, 0) is 71.0 Å². The molecule has 0 aliphatic heterocycles. The van der Waals surface area contributed by atoms with Gasteiger partial charge in [0.2, 0.25) is 0 Å². The van der Waals surface area contributed by atoms with Gasteiger partial charge in [-0.1, -0.05) is 76.9 Å². The van der Waals surface area contributed by atoms with E-state index in [-0.39, 0.29) is 0 Å². The molecule has 0 rings (SSSR count). The van der Waals surface area contributed by atoms with Crippen molar-refractivity contribution in [2.24, 2.45) is 11.5 Å². The summed E-state index contributed by atoms with van der Waals surface area (Å²) in [5.41, 5.74) is 11.5. The standard InChI is InChI=1S/C24H51N3/c1-2-3-4-5-6-7-8-9-10-11-12-13-14-15-16-17-22-27-23-18-19-24(26)20-21-25/h9-10,24,27H,2-8,11-23,25-26H2,1H3. The van der Waals surface area contributed by atoms with Crippen LogP contribution in [0.4, 0.5) is 0 Å². The zero-order valence-electron chi connectivity index (χ0n) is 18.5. The van der Waals surface area contributed by atoms with Gasteiger partial charge in [0.05, 0.1) is 0 Å². The summed E-state index contributed by atoms with van der Waals surface area (Å²) in [6, 6.07) is 0.294. The number of hydrogen-bond donors (Lipinski definition) is 3. The summed E-state index contributed by atoms with van der Waals surface area (Å²) < 4.78 is 0. The first kappa shape index (κ1) is 26.6. The van der Waals surface area contributed by atoms with Crippen molar-refractivity contribution < 1.29 is 0 Å². The van der Waals surface area contributed by atoms with Gasteiger partial charge < -0.3 is 16.8 Å². The maximum Gasteiger partial charge on any atom is 0.00513 e. The minimum absolute atomic E-state index is 0.294. The maximum atomic E-state index is 5.95. The van der Waals surface area contributed by atoms with Crippen molar-refractivity contribution >= 4 is 0 Å². The number of unbranched alkanes of at least 4 members (excludes halogenated alkanes) is 12. The molecule has 3 nitrogen and oxygen atoms in total. The molecule has 0 aromatic carbocycles. The van der Waals surface area contributed by atoms with Crippen LogP contribution < -0.4 is 16.8 Å². The summed E-state index contributed by atoms with van der Waals surface area (Å²) >= 11 is 0. The average Bonchev–Trinajstić information content (AvgIpc) is 2.66. The molecular formula is C24H51N3. The topological polar surface area (TPSA) is 64.1 Å². The van der Waals surface area contributed by atoms with Gasteiger partial charge in [-0.25, -0.2) is 0 Å². The first-order valence-corrected chi connectivity index (χ1v) is 12.1. The summed E-state index contributed by atoms with van der Waals surface area (Å²) in [4.78, 5) is 0. The van der Waals surface area contributed by atoms with Gasteiger partial charge in [-0.15, -0.1) is 0 Å². The Morgan fingerprint density at radius 3 is 1.78 bits per heavy atom. The zero-order valence-corrected chi connectivity index (χ0v) is 18.5. The van der Waals surface area contributed by atoms with Crippen LogP contribution in [0.1, 0.15) is 116 Å². The minimum atomic E-state index is 0.294. The van der Waals surface area contributed by atoms with Crippen molar-refractivity contribution in [2.45, 2.75) is 122 Å². The fraction of sp³-hybridized carbons (Fsp3) is 0.917. The molecule has 27 heavy (non-hydrogen) atoms. The summed E-state index contributed by atoms with van der Waals surface area (Å²) in [5.74, 6) is 0. The van der Waals surface area contributed by atoms with Gasteiger partial charge in [0.25, 0.3) is 0 Å². The third-order valence-electron chi connectivity index (χ3n) is 5.33. The zero-order chi connectivity index (χ0) is 19.8. The van der Waals surface area contributed by atoms with Crippen molar-refractivity contribution in [1.82, 2.24) is 5.32 Å². The Morgan fingerprint density at radius 2 is 1.19 bits per heavy atom. The molecule has 0 aromatic heterocycles. The van der Waals surface area contributed by atoms with Crippen LogP contribution in [-0.2, 0) is 0 Å². The van der Waals surface area contributed by atoms with Gasteiger partial charge in [-0.3, -0.25) is 0 Å². The molecule has 1 atom stereocenters. The average molecular weight is 382 g/mol. The SMILES string of the molecule is CCCCCCCCC=CCCCCCCCCNCCCC(N)CCN. The van der Waals surface area contributed by atoms with Crippen LogP contribution in [-0.4, -0.2) is 25.7 Å². The van der Waals surface area contributed by atoms with E-state index in [1.54, 1.807) is 0 Å². The molecule has 0 saturated carbocycles. The van der Waals surface area contributed by atoms with Crippen LogP contribution >= 0.6 is 0 Å². The summed E-state index contributed by atoms with van der Waals surface area (Å²) in [5, 5.41) is 3.54. The molecule has 0 heterocycles. The van der Waals surface area contributed by atoms with Crippen LogP contribution in [0.5, 0.6) is 0 Å². The summed E-state index contributed by atoms with van der Waals surface area (Å²) in [7, 11) is 0. The van der Waals surface area contributed by atoms with Crippen LogP contribution in [0.2, 0.25) is 0 Å². The van der Waals surface area contributed by atoms with Gasteiger partial charge in [-0.2, -0.15) is 0 Å². The molecule has 0 radical (unpaired) electrons. The lowest BCUT2D eigenvalue weighted by Crippen LogP contribution is -2.25. The molecule has 1 unspecified atom stereocenters. The Labute approximate surface area is 171 Å². The van der Waals surface area contributed by atoms with E-state index in [0.717, 1.165) is 25.9 Å². The molecule has 5 N–H and O–H groups in total. The van der Waals surface area contributed by atoms with Crippen LogP contribution in [0, 0.1) is 0 Å². The van der Waals surface area contributed by atoms with Crippen LogP contribution in [0.3, 0.4) is 0 Å².